The van der Waals surface area contributed by atoms with Crippen molar-refractivity contribution in [2.75, 3.05) is 7.11 Å². The number of aromatic nitrogens is 3. The molecule has 1 aromatic rings. The van der Waals surface area contributed by atoms with Crippen LogP contribution in [0.2, 0.25) is 0 Å². The second kappa shape index (κ2) is 6.45. The summed E-state index contributed by atoms with van der Waals surface area (Å²) in [7, 11) is 1.72. The molecule has 6 nitrogen and oxygen atoms in total. The summed E-state index contributed by atoms with van der Waals surface area (Å²) >= 11 is 0. The van der Waals surface area contributed by atoms with Gasteiger partial charge in [-0.25, -0.2) is 9.67 Å². The third-order valence-electron chi connectivity index (χ3n) is 3.23. The Morgan fingerprint density at radius 3 is 2.47 bits per heavy atom. The zero-order valence-electron chi connectivity index (χ0n) is 12.8. The number of hydrazine groups is 1. The maximum absolute atomic E-state index is 5.70. The van der Waals surface area contributed by atoms with Gasteiger partial charge in [-0.1, -0.05) is 20.8 Å². The molecule has 0 aromatic carbocycles. The molecule has 0 spiro atoms. The zero-order valence-corrected chi connectivity index (χ0v) is 12.8. The van der Waals surface area contributed by atoms with E-state index in [1.165, 1.54) is 0 Å². The summed E-state index contributed by atoms with van der Waals surface area (Å²) in [5.41, 5.74) is 2.85. The number of rotatable bonds is 6. The predicted octanol–water partition coefficient (Wildman–Crippen LogP) is 1.29. The molecule has 1 rings (SSSR count). The fraction of sp³-hybridized carbons (Fsp3) is 0.846. The largest absolute Gasteiger partial charge is 0.379 e. The lowest BCUT2D eigenvalue weighted by atomic mass is 9.83. The third kappa shape index (κ3) is 3.99. The van der Waals surface area contributed by atoms with Crippen LogP contribution in [0.3, 0.4) is 0 Å². The lowest BCUT2D eigenvalue weighted by molar-refractivity contribution is -0.0117. The van der Waals surface area contributed by atoms with Crippen LogP contribution in [0.25, 0.3) is 0 Å². The minimum absolute atomic E-state index is 0.00480. The molecule has 6 heteroatoms. The molecule has 2 atom stereocenters. The smallest absolute Gasteiger partial charge is 0.138 e. The highest BCUT2D eigenvalue weighted by atomic mass is 16.5. The Bertz CT molecular complexity index is 383. The Morgan fingerprint density at radius 2 is 2.05 bits per heavy atom. The van der Waals surface area contributed by atoms with E-state index in [2.05, 4.69) is 50.1 Å². The first kappa shape index (κ1) is 16.1. The number of nitrogens with zero attached hydrogens (tertiary/aromatic N) is 3. The van der Waals surface area contributed by atoms with Crippen LogP contribution in [0.5, 0.6) is 0 Å². The van der Waals surface area contributed by atoms with Gasteiger partial charge in [0.1, 0.15) is 12.2 Å². The molecule has 0 saturated carbocycles. The monoisotopic (exact) mass is 269 g/mol. The first-order chi connectivity index (χ1) is 8.81. The second-order valence-electron chi connectivity index (χ2n) is 6.21. The molecule has 1 aromatic heterocycles. The van der Waals surface area contributed by atoms with Crippen molar-refractivity contribution in [3.63, 3.8) is 0 Å². The molecule has 0 aliphatic rings. The van der Waals surface area contributed by atoms with Crippen molar-refractivity contribution < 1.29 is 4.74 Å². The molecular formula is C13H27N5O. The van der Waals surface area contributed by atoms with Crippen molar-refractivity contribution in [3.05, 3.63) is 12.2 Å². The summed E-state index contributed by atoms with van der Waals surface area (Å²) in [6.45, 7) is 10.6. The van der Waals surface area contributed by atoms with Crippen molar-refractivity contribution in [1.29, 1.82) is 0 Å². The average Bonchev–Trinajstić information content (AvgIpc) is 2.74. The third-order valence-corrected chi connectivity index (χ3v) is 3.23. The van der Waals surface area contributed by atoms with Crippen LogP contribution in [0.1, 0.15) is 46.5 Å². The van der Waals surface area contributed by atoms with Crippen molar-refractivity contribution in [1.82, 2.24) is 20.2 Å². The predicted molar refractivity (Wildman–Crippen MR) is 75.5 cm³/mol. The first-order valence-electron chi connectivity index (χ1n) is 6.68. The average molecular weight is 269 g/mol. The van der Waals surface area contributed by atoms with Crippen molar-refractivity contribution in [2.24, 2.45) is 11.3 Å². The normalized spacial score (nSPS) is 15.8. The molecule has 19 heavy (non-hydrogen) atoms. The van der Waals surface area contributed by atoms with Crippen LogP contribution in [-0.4, -0.2) is 34.0 Å². The van der Waals surface area contributed by atoms with Crippen LogP contribution >= 0.6 is 0 Å². The first-order valence-corrected chi connectivity index (χ1v) is 6.68. The van der Waals surface area contributed by atoms with Gasteiger partial charge in [-0.15, -0.1) is 0 Å². The van der Waals surface area contributed by atoms with E-state index in [-0.39, 0.29) is 23.6 Å². The summed E-state index contributed by atoms with van der Waals surface area (Å²) in [6.07, 6.45) is 2.27. The molecule has 0 amide bonds. The van der Waals surface area contributed by atoms with Crippen molar-refractivity contribution in [2.45, 2.75) is 59.2 Å². The van der Waals surface area contributed by atoms with Crippen LogP contribution in [0.4, 0.5) is 0 Å². The van der Waals surface area contributed by atoms with Gasteiger partial charge in [-0.3, -0.25) is 11.3 Å². The van der Waals surface area contributed by atoms with Crippen molar-refractivity contribution >= 4 is 0 Å². The van der Waals surface area contributed by atoms with Crippen LogP contribution in [0.15, 0.2) is 6.33 Å². The van der Waals surface area contributed by atoms with E-state index in [0.717, 1.165) is 5.82 Å². The van der Waals surface area contributed by atoms with Gasteiger partial charge in [0.05, 0.1) is 12.1 Å². The zero-order chi connectivity index (χ0) is 14.6. The molecule has 0 fully saturated rings. The highest BCUT2D eigenvalue weighted by molar-refractivity contribution is 4.96. The molecule has 0 saturated heterocycles. The number of nitrogens with two attached hydrogens (primary N) is 1. The van der Waals surface area contributed by atoms with Gasteiger partial charge in [0.25, 0.3) is 0 Å². The quantitative estimate of drug-likeness (QED) is 0.601. The molecule has 0 bridgehead atoms. The highest BCUT2D eigenvalue weighted by Crippen LogP contribution is 2.25. The molecular weight excluding hydrogens is 242 g/mol. The lowest BCUT2D eigenvalue weighted by Gasteiger charge is -2.35. The van der Waals surface area contributed by atoms with Gasteiger partial charge in [0.2, 0.25) is 0 Å². The summed E-state index contributed by atoms with van der Waals surface area (Å²) in [4.78, 5) is 4.32. The Balaban J connectivity index is 2.90. The maximum Gasteiger partial charge on any atom is 0.138 e. The van der Waals surface area contributed by atoms with Crippen molar-refractivity contribution in [3.8, 4) is 0 Å². The Hall–Kier alpha value is -0.980. The lowest BCUT2D eigenvalue weighted by Crippen LogP contribution is -2.52. The Labute approximate surface area is 115 Å². The maximum atomic E-state index is 5.70. The minimum Gasteiger partial charge on any atom is -0.379 e. The van der Waals surface area contributed by atoms with Gasteiger partial charge >= 0.3 is 0 Å². The highest BCUT2D eigenvalue weighted by Gasteiger charge is 2.33. The summed E-state index contributed by atoms with van der Waals surface area (Å²) < 4.78 is 7.53. The van der Waals surface area contributed by atoms with E-state index in [1.54, 1.807) is 13.4 Å². The van der Waals surface area contributed by atoms with Gasteiger partial charge in [-0.05, 0) is 19.3 Å². The summed E-state index contributed by atoms with van der Waals surface area (Å²) in [5.74, 6) is 6.62. The van der Waals surface area contributed by atoms with Gasteiger partial charge in [-0.2, -0.15) is 5.10 Å². The van der Waals surface area contributed by atoms with E-state index in [9.17, 15) is 0 Å². The summed E-state index contributed by atoms with van der Waals surface area (Å²) in [6, 6.07) is 0.276. The number of hydrogen-bond donors (Lipinski definition) is 2. The fourth-order valence-corrected chi connectivity index (χ4v) is 2.42. The second-order valence-corrected chi connectivity index (χ2v) is 6.21. The molecule has 0 aliphatic heterocycles. The topological polar surface area (TPSA) is 78.0 Å². The van der Waals surface area contributed by atoms with Gasteiger partial charge < -0.3 is 4.74 Å². The van der Waals surface area contributed by atoms with E-state index in [4.69, 9.17) is 10.6 Å². The molecule has 0 radical (unpaired) electrons. The molecule has 3 N–H and O–H groups in total. The molecule has 2 unspecified atom stereocenters. The molecule has 0 aliphatic carbocycles. The number of nitrogens with one attached hydrogen (secondary N) is 1. The Kier molecular flexibility index (Phi) is 5.46. The standard InChI is InChI=1S/C13H27N5O/c1-9(2)18-11(15-8-16-18)7-10(17-14)12(19-6)13(3,4)5/h8-10,12,17H,7,14H2,1-6H3. The van der Waals surface area contributed by atoms with E-state index >= 15 is 0 Å². The van der Waals surface area contributed by atoms with E-state index < -0.39 is 0 Å². The van der Waals surface area contributed by atoms with Crippen LogP contribution in [-0.2, 0) is 11.2 Å². The van der Waals surface area contributed by atoms with Gasteiger partial charge in [0, 0.05) is 19.6 Å². The number of ether oxygens (including phenoxy) is 1. The SMILES string of the molecule is COC(C(Cc1ncnn1C(C)C)NN)C(C)(C)C. The van der Waals surface area contributed by atoms with E-state index in [0.29, 0.717) is 6.42 Å². The fourth-order valence-electron chi connectivity index (χ4n) is 2.42. The molecule has 1 heterocycles. The van der Waals surface area contributed by atoms with Crippen LogP contribution in [0, 0.1) is 5.41 Å². The van der Waals surface area contributed by atoms with E-state index in [1.807, 2.05) is 4.68 Å². The number of methoxy groups -OCH3 is 1. The Morgan fingerprint density at radius 1 is 1.42 bits per heavy atom. The van der Waals surface area contributed by atoms with Crippen LogP contribution < -0.4 is 11.3 Å². The summed E-state index contributed by atoms with van der Waals surface area (Å²) in [5, 5.41) is 4.25. The number of hydrogen-bond acceptors (Lipinski definition) is 5. The van der Waals surface area contributed by atoms with Gasteiger partial charge in [0.15, 0.2) is 0 Å². The molecule has 110 valence electrons. The minimum atomic E-state index is -0.00769.